The van der Waals surface area contributed by atoms with Gasteiger partial charge in [-0.2, -0.15) is 0 Å². The van der Waals surface area contributed by atoms with Gasteiger partial charge in [-0.3, -0.25) is 24.1 Å². The molecular weight excluding hydrogens is 430 g/mol. The van der Waals surface area contributed by atoms with E-state index in [1.165, 1.54) is 4.90 Å². The Morgan fingerprint density at radius 2 is 1.68 bits per heavy atom. The van der Waals surface area contributed by atoms with Crippen molar-refractivity contribution in [3.05, 3.63) is 47.5 Å². The van der Waals surface area contributed by atoms with E-state index in [0.29, 0.717) is 32.4 Å². The van der Waals surface area contributed by atoms with E-state index in [0.717, 1.165) is 24.0 Å². The van der Waals surface area contributed by atoms with Crippen molar-refractivity contribution in [2.24, 2.45) is 11.8 Å². The van der Waals surface area contributed by atoms with Crippen LogP contribution in [0.25, 0.3) is 0 Å². The van der Waals surface area contributed by atoms with Gasteiger partial charge in [0.1, 0.15) is 6.04 Å². The first kappa shape index (κ1) is 25.7. The van der Waals surface area contributed by atoms with Gasteiger partial charge >= 0.3 is 0 Å². The van der Waals surface area contributed by atoms with Crippen molar-refractivity contribution in [2.45, 2.75) is 71.9 Å². The Balaban J connectivity index is 1.72. The number of unbranched alkanes of at least 4 members (excludes halogenated alkanes) is 1. The Labute approximate surface area is 202 Å². The molecule has 0 aromatic heterocycles. The number of carbonyl (C=O) groups is 4. The van der Waals surface area contributed by atoms with E-state index >= 15 is 0 Å². The lowest BCUT2D eigenvalue weighted by atomic mass is 9.85. The summed E-state index contributed by atoms with van der Waals surface area (Å²) in [5, 5.41) is 2.95. The van der Waals surface area contributed by atoms with Crippen molar-refractivity contribution in [2.75, 3.05) is 13.1 Å². The van der Waals surface area contributed by atoms with Crippen LogP contribution in [-0.2, 0) is 25.7 Å². The highest BCUT2D eigenvalue weighted by Crippen LogP contribution is 2.35. The van der Waals surface area contributed by atoms with Gasteiger partial charge in [0.25, 0.3) is 0 Å². The molecular formula is C27H37N3O4. The van der Waals surface area contributed by atoms with E-state index in [-0.39, 0.29) is 48.4 Å². The van der Waals surface area contributed by atoms with Crippen LogP contribution in [0.5, 0.6) is 0 Å². The van der Waals surface area contributed by atoms with Crippen molar-refractivity contribution >= 4 is 23.6 Å². The molecule has 4 amide bonds. The van der Waals surface area contributed by atoms with Crippen LogP contribution in [0.1, 0.15) is 63.5 Å². The number of allylic oxidation sites excluding steroid dienone is 2. The molecule has 0 bridgehead atoms. The first-order valence-electron chi connectivity index (χ1n) is 12.5. The third kappa shape index (κ3) is 5.93. The Hall–Kier alpha value is -2.96. The Kier molecular flexibility index (Phi) is 9.02. The third-order valence-electron chi connectivity index (χ3n) is 6.84. The number of carbonyl (C=O) groups excluding carboxylic acids is 4. The summed E-state index contributed by atoms with van der Waals surface area (Å²) in [5.41, 5.74) is 2.05. The second-order valence-electron chi connectivity index (χ2n) is 9.31. The van der Waals surface area contributed by atoms with Crippen LogP contribution in [0.2, 0.25) is 0 Å². The molecule has 1 saturated heterocycles. The van der Waals surface area contributed by atoms with Crippen molar-refractivity contribution in [3.8, 4) is 0 Å². The Morgan fingerprint density at radius 1 is 1.06 bits per heavy atom. The maximum atomic E-state index is 13.4. The Bertz CT molecular complexity index is 898. The molecule has 3 rings (SSSR count). The number of nitrogens with zero attached hydrogens (tertiary/aromatic N) is 2. The molecule has 0 saturated carbocycles. The van der Waals surface area contributed by atoms with E-state index in [4.69, 9.17) is 0 Å². The maximum Gasteiger partial charge on any atom is 0.242 e. The van der Waals surface area contributed by atoms with Crippen molar-refractivity contribution in [3.63, 3.8) is 0 Å². The number of nitrogens with one attached hydrogen (secondary N) is 1. The van der Waals surface area contributed by atoms with E-state index in [1.54, 1.807) is 4.90 Å². The van der Waals surface area contributed by atoms with Crippen LogP contribution in [0.15, 0.2) is 36.4 Å². The van der Waals surface area contributed by atoms with Crippen LogP contribution in [0, 0.1) is 18.8 Å². The third-order valence-corrected chi connectivity index (χ3v) is 6.84. The molecule has 3 atom stereocenters. The number of fused-ring (bicyclic) bond motifs is 1. The molecule has 1 aromatic carbocycles. The normalized spacial score (nSPS) is 20.3. The molecule has 0 spiro atoms. The SMILES string of the molecule is CCCCNC(=O)[C@H](CC)N(Cc1ccc(C)cc1)C(=O)CCN1C(=O)[C@H]2CC=CC[C@H]2C1=O. The number of benzene rings is 1. The lowest BCUT2D eigenvalue weighted by Gasteiger charge is -2.31. The number of hydrogen-bond donors (Lipinski definition) is 1. The molecule has 1 aromatic rings. The molecule has 7 nitrogen and oxygen atoms in total. The van der Waals surface area contributed by atoms with E-state index < -0.39 is 6.04 Å². The van der Waals surface area contributed by atoms with Gasteiger partial charge < -0.3 is 10.2 Å². The zero-order valence-electron chi connectivity index (χ0n) is 20.6. The number of aryl methyl sites for hydroxylation is 1. The Morgan fingerprint density at radius 3 is 2.24 bits per heavy atom. The molecule has 34 heavy (non-hydrogen) atoms. The smallest absolute Gasteiger partial charge is 0.242 e. The summed E-state index contributed by atoms with van der Waals surface area (Å²) in [6.45, 7) is 6.89. The predicted molar refractivity (Wildman–Crippen MR) is 130 cm³/mol. The molecule has 1 heterocycles. The molecule has 184 valence electrons. The summed E-state index contributed by atoms with van der Waals surface area (Å²) < 4.78 is 0. The van der Waals surface area contributed by atoms with Gasteiger partial charge in [-0.1, -0.05) is 62.2 Å². The van der Waals surface area contributed by atoms with Crippen LogP contribution in [0.3, 0.4) is 0 Å². The van der Waals surface area contributed by atoms with Gasteiger partial charge in [0.05, 0.1) is 11.8 Å². The molecule has 0 unspecified atom stereocenters. The minimum Gasteiger partial charge on any atom is -0.354 e. The monoisotopic (exact) mass is 467 g/mol. The zero-order chi connectivity index (χ0) is 24.7. The lowest BCUT2D eigenvalue weighted by Crippen LogP contribution is -2.49. The average Bonchev–Trinajstić information content (AvgIpc) is 3.08. The minimum absolute atomic E-state index is 0.00888. The zero-order valence-corrected chi connectivity index (χ0v) is 20.6. The van der Waals surface area contributed by atoms with Crippen molar-refractivity contribution < 1.29 is 19.2 Å². The fourth-order valence-electron chi connectivity index (χ4n) is 4.76. The predicted octanol–water partition coefficient (Wildman–Crippen LogP) is 3.36. The summed E-state index contributed by atoms with van der Waals surface area (Å²) in [5.74, 6) is -1.36. The van der Waals surface area contributed by atoms with Crippen LogP contribution in [0.4, 0.5) is 0 Å². The summed E-state index contributed by atoms with van der Waals surface area (Å²) in [6.07, 6.45) is 7.40. The number of likely N-dealkylation sites (tertiary alicyclic amines) is 1. The van der Waals surface area contributed by atoms with E-state index in [9.17, 15) is 19.2 Å². The largest absolute Gasteiger partial charge is 0.354 e. The molecule has 1 N–H and O–H groups in total. The lowest BCUT2D eigenvalue weighted by molar-refractivity contribution is -0.144. The van der Waals surface area contributed by atoms with E-state index in [1.807, 2.05) is 50.3 Å². The summed E-state index contributed by atoms with van der Waals surface area (Å²) in [6, 6.07) is 7.28. The van der Waals surface area contributed by atoms with Crippen LogP contribution >= 0.6 is 0 Å². The summed E-state index contributed by atoms with van der Waals surface area (Å²) >= 11 is 0. The molecule has 1 fully saturated rings. The molecule has 7 heteroatoms. The molecule has 1 aliphatic carbocycles. The maximum absolute atomic E-state index is 13.4. The fourth-order valence-corrected chi connectivity index (χ4v) is 4.76. The number of hydrogen-bond acceptors (Lipinski definition) is 4. The summed E-state index contributed by atoms with van der Waals surface area (Å²) in [7, 11) is 0. The highest BCUT2D eigenvalue weighted by molar-refractivity contribution is 6.05. The van der Waals surface area contributed by atoms with Gasteiger partial charge in [-0.25, -0.2) is 0 Å². The van der Waals surface area contributed by atoms with Gasteiger partial charge in [-0.05, 0) is 38.2 Å². The van der Waals surface area contributed by atoms with Gasteiger partial charge in [0.15, 0.2) is 0 Å². The topological polar surface area (TPSA) is 86.8 Å². The number of amides is 4. The van der Waals surface area contributed by atoms with Gasteiger partial charge in [0, 0.05) is 26.1 Å². The second-order valence-corrected chi connectivity index (χ2v) is 9.31. The number of rotatable bonds is 11. The highest BCUT2D eigenvalue weighted by atomic mass is 16.2. The number of imide groups is 1. The highest BCUT2D eigenvalue weighted by Gasteiger charge is 2.47. The molecule has 1 aliphatic heterocycles. The first-order valence-corrected chi connectivity index (χ1v) is 12.5. The standard InChI is InChI=1S/C27H37N3O4/c1-4-6-16-28-25(32)23(5-2)30(18-20-13-11-19(3)12-14-20)24(31)15-17-29-26(33)21-9-7-8-10-22(21)27(29)34/h7-8,11-14,21-23H,4-6,9-10,15-18H2,1-3H3,(H,28,32)/t21-,22+,23-/m0/s1. The molecule has 2 aliphatic rings. The van der Waals surface area contributed by atoms with Crippen LogP contribution in [-0.4, -0.2) is 52.6 Å². The minimum atomic E-state index is -0.609. The molecule has 0 radical (unpaired) electrons. The van der Waals surface area contributed by atoms with Gasteiger partial charge in [-0.15, -0.1) is 0 Å². The first-order chi connectivity index (χ1) is 16.4. The van der Waals surface area contributed by atoms with Crippen molar-refractivity contribution in [1.82, 2.24) is 15.1 Å². The van der Waals surface area contributed by atoms with E-state index in [2.05, 4.69) is 12.2 Å². The fraction of sp³-hybridized carbons (Fsp3) is 0.556. The quantitative estimate of drug-likeness (QED) is 0.307. The average molecular weight is 468 g/mol. The van der Waals surface area contributed by atoms with Crippen molar-refractivity contribution in [1.29, 1.82) is 0 Å². The van der Waals surface area contributed by atoms with Gasteiger partial charge in [0.2, 0.25) is 23.6 Å². The summed E-state index contributed by atoms with van der Waals surface area (Å²) in [4.78, 5) is 54.8. The second kappa shape index (κ2) is 12.0. The van der Waals surface area contributed by atoms with Crippen LogP contribution < -0.4 is 5.32 Å².